The lowest BCUT2D eigenvalue weighted by Crippen LogP contribution is -2.36. The Bertz CT molecular complexity index is 1300. The molecule has 1 aromatic carbocycles. The van der Waals surface area contributed by atoms with Gasteiger partial charge >= 0.3 is 0 Å². The molecule has 0 amide bonds. The Morgan fingerprint density at radius 3 is 2.56 bits per heavy atom. The first-order chi connectivity index (χ1) is 16.5. The summed E-state index contributed by atoms with van der Waals surface area (Å²) < 4.78 is 15.3. The van der Waals surface area contributed by atoms with Crippen LogP contribution in [-0.2, 0) is 16.5 Å². The molecule has 4 heterocycles. The van der Waals surface area contributed by atoms with Crippen molar-refractivity contribution in [1.82, 2.24) is 24.3 Å². The fraction of sp³-hybridized carbons (Fsp3) is 0.423. The van der Waals surface area contributed by atoms with E-state index < -0.39 is 0 Å². The summed E-state index contributed by atoms with van der Waals surface area (Å²) in [5.74, 6) is 1.93. The smallest absolute Gasteiger partial charge is 0.164 e. The highest BCUT2D eigenvalue weighted by Gasteiger charge is 2.26. The number of rotatable bonds is 6. The number of aromatic nitrogens is 5. The summed E-state index contributed by atoms with van der Waals surface area (Å²) in [5.41, 5.74) is 5.98. The number of ether oxygens (including phenoxy) is 2. The Labute approximate surface area is 200 Å². The highest BCUT2D eigenvalue weighted by atomic mass is 16.5. The van der Waals surface area contributed by atoms with Crippen LogP contribution in [0.2, 0.25) is 0 Å². The van der Waals surface area contributed by atoms with Crippen molar-refractivity contribution in [3.63, 3.8) is 0 Å². The quantitative estimate of drug-likeness (QED) is 0.427. The molecule has 34 heavy (non-hydrogen) atoms. The topological polar surface area (TPSA) is 70.2 Å². The summed E-state index contributed by atoms with van der Waals surface area (Å²) in [6.45, 7) is 9.41. The Morgan fingerprint density at radius 2 is 1.85 bits per heavy atom. The molecule has 1 fully saturated rings. The van der Waals surface area contributed by atoms with Gasteiger partial charge in [-0.3, -0.25) is 0 Å². The molecule has 0 aliphatic carbocycles. The van der Waals surface area contributed by atoms with E-state index in [0.29, 0.717) is 13.2 Å². The fourth-order valence-corrected chi connectivity index (χ4v) is 4.64. The first-order valence-electron chi connectivity index (χ1n) is 11.8. The van der Waals surface area contributed by atoms with Crippen LogP contribution in [0.1, 0.15) is 31.3 Å². The van der Waals surface area contributed by atoms with E-state index in [1.54, 1.807) is 7.11 Å². The van der Waals surface area contributed by atoms with Crippen LogP contribution < -0.4 is 4.90 Å². The van der Waals surface area contributed by atoms with E-state index in [4.69, 9.17) is 24.5 Å². The second kappa shape index (κ2) is 9.19. The minimum Gasteiger partial charge on any atom is -0.378 e. The molecule has 1 atom stereocenters. The number of morpholine rings is 1. The molecule has 0 saturated carbocycles. The van der Waals surface area contributed by atoms with Crippen LogP contribution in [0.3, 0.4) is 0 Å². The van der Waals surface area contributed by atoms with Crippen molar-refractivity contribution < 1.29 is 9.47 Å². The Kier molecular flexibility index (Phi) is 6.10. The van der Waals surface area contributed by atoms with E-state index in [0.717, 1.165) is 52.8 Å². The first kappa shape index (κ1) is 22.6. The van der Waals surface area contributed by atoms with Gasteiger partial charge in [-0.2, -0.15) is 5.10 Å². The largest absolute Gasteiger partial charge is 0.378 e. The number of hydrogen-bond acceptors (Lipinski definition) is 6. The number of pyridine rings is 1. The Balaban J connectivity index is 1.65. The number of aryl methyl sites for hydroxylation is 2. The molecule has 1 aliphatic rings. The highest BCUT2D eigenvalue weighted by molar-refractivity contribution is 5.88. The summed E-state index contributed by atoms with van der Waals surface area (Å²) in [7, 11) is 3.75. The lowest BCUT2D eigenvalue weighted by atomic mass is 10.1. The van der Waals surface area contributed by atoms with Gasteiger partial charge in [0, 0.05) is 45.1 Å². The molecular weight excluding hydrogens is 428 g/mol. The van der Waals surface area contributed by atoms with Gasteiger partial charge in [0.05, 0.1) is 24.6 Å². The summed E-state index contributed by atoms with van der Waals surface area (Å²) >= 11 is 0. The maximum absolute atomic E-state index is 5.81. The molecule has 0 unspecified atom stereocenters. The number of imidazole rings is 1. The van der Waals surface area contributed by atoms with E-state index in [1.165, 1.54) is 5.56 Å². The van der Waals surface area contributed by atoms with Gasteiger partial charge < -0.3 is 18.9 Å². The van der Waals surface area contributed by atoms with E-state index in [1.807, 2.05) is 24.0 Å². The van der Waals surface area contributed by atoms with Crippen molar-refractivity contribution in [3.05, 3.63) is 54.0 Å². The lowest BCUT2D eigenvalue weighted by molar-refractivity contribution is 0.0557. The average molecular weight is 461 g/mol. The van der Waals surface area contributed by atoms with E-state index in [2.05, 4.69) is 60.6 Å². The molecule has 0 N–H and O–H groups in total. The van der Waals surface area contributed by atoms with Crippen molar-refractivity contribution in [2.75, 3.05) is 38.3 Å². The molecule has 1 saturated heterocycles. The second-order valence-corrected chi connectivity index (χ2v) is 9.22. The zero-order chi connectivity index (χ0) is 23.8. The van der Waals surface area contributed by atoms with Gasteiger partial charge in [-0.05, 0) is 25.0 Å². The fourth-order valence-electron chi connectivity index (χ4n) is 4.64. The first-order valence-corrected chi connectivity index (χ1v) is 11.8. The van der Waals surface area contributed by atoms with Gasteiger partial charge in [0.2, 0.25) is 0 Å². The Hall–Kier alpha value is -3.23. The van der Waals surface area contributed by atoms with E-state index in [-0.39, 0.29) is 12.0 Å². The molecule has 4 aromatic rings. The van der Waals surface area contributed by atoms with Gasteiger partial charge in [0.15, 0.2) is 11.5 Å². The molecule has 178 valence electrons. The minimum atomic E-state index is -0.113. The minimum absolute atomic E-state index is 0.113. The average Bonchev–Trinajstić information content (AvgIpc) is 3.45. The van der Waals surface area contributed by atoms with Crippen LogP contribution in [0.4, 0.5) is 5.69 Å². The molecule has 0 bridgehead atoms. The zero-order valence-electron chi connectivity index (χ0n) is 20.5. The van der Waals surface area contributed by atoms with Crippen LogP contribution in [0.5, 0.6) is 0 Å². The number of nitrogens with zero attached hydrogens (tertiary/aromatic N) is 6. The van der Waals surface area contributed by atoms with Crippen LogP contribution in [0.15, 0.2) is 42.6 Å². The van der Waals surface area contributed by atoms with E-state index >= 15 is 0 Å². The summed E-state index contributed by atoms with van der Waals surface area (Å²) in [6.07, 6.45) is 1.86. The SMILES string of the molecule is CO[C@H](c1nc2c(N3CCOCC3)cc(-n3ccc(-c4cccc(C)c4)n3)nc2n1C)C(C)C. The molecule has 8 nitrogen and oxygen atoms in total. The van der Waals surface area contributed by atoms with Crippen molar-refractivity contribution in [1.29, 1.82) is 0 Å². The number of benzene rings is 1. The van der Waals surface area contributed by atoms with E-state index in [9.17, 15) is 0 Å². The third-order valence-corrected chi connectivity index (χ3v) is 6.43. The summed E-state index contributed by atoms with van der Waals surface area (Å²) in [5, 5.41) is 4.86. The third-order valence-electron chi connectivity index (χ3n) is 6.43. The standard InChI is InChI=1S/C26H32N6O2/c1-17(2)24(33-5)26-28-23-21(31-11-13-34-14-12-31)16-22(27-25(23)30(26)4)32-10-9-20(29-32)19-8-6-7-18(3)15-19/h6-10,15-17,24H,11-14H2,1-5H3/t24-/m0/s1. The molecule has 3 aromatic heterocycles. The number of hydrogen-bond donors (Lipinski definition) is 0. The second-order valence-electron chi connectivity index (χ2n) is 9.22. The van der Waals surface area contributed by atoms with Gasteiger partial charge in [0.25, 0.3) is 0 Å². The van der Waals surface area contributed by atoms with Crippen LogP contribution in [0, 0.1) is 12.8 Å². The number of fused-ring (bicyclic) bond motifs is 1. The van der Waals surface area contributed by atoms with Gasteiger partial charge in [-0.15, -0.1) is 0 Å². The molecule has 0 spiro atoms. The van der Waals surface area contributed by atoms with Crippen molar-refractivity contribution in [3.8, 4) is 17.1 Å². The van der Waals surface area contributed by atoms with Crippen LogP contribution in [-0.4, -0.2) is 57.7 Å². The third kappa shape index (κ3) is 4.08. The summed E-state index contributed by atoms with van der Waals surface area (Å²) in [4.78, 5) is 12.4. The molecule has 5 rings (SSSR count). The maximum atomic E-state index is 5.81. The number of anilines is 1. The predicted octanol–water partition coefficient (Wildman–Crippen LogP) is 4.31. The monoisotopic (exact) mass is 460 g/mol. The summed E-state index contributed by atoms with van der Waals surface area (Å²) in [6, 6.07) is 12.5. The van der Waals surface area contributed by atoms with Crippen molar-refractivity contribution in [2.24, 2.45) is 13.0 Å². The van der Waals surface area contributed by atoms with Gasteiger partial charge in [-0.25, -0.2) is 14.6 Å². The van der Waals surface area contributed by atoms with Crippen LogP contribution in [0.25, 0.3) is 28.2 Å². The van der Waals surface area contributed by atoms with Gasteiger partial charge in [0.1, 0.15) is 17.4 Å². The molecule has 8 heteroatoms. The van der Waals surface area contributed by atoms with Crippen molar-refractivity contribution >= 4 is 16.9 Å². The Morgan fingerprint density at radius 1 is 1.06 bits per heavy atom. The lowest BCUT2D eigenvalue weighted by Gasteiger charge is -2.29. The number of methoxy groups -OCH3 is 1. The maximum Gasteiger partial charge on any atom is 0.164 e. The normalized spacial score (nSPS) is 15.4. The molecule has 0 radical (unpaired) electrons. The predicted molar refractivity (Wildman–Crippen MR) is 133 cm³/mol. The zero-order valence-corrected chi connectivity index (χ0v) is 20.5. The van der Waals surface area contributed by atoms with Gasteiger partial charge in [-0.1, -0.05) is 37.6 Å². The van der Waals surface area contributed by atoms with Crippen molar-refractivity contribution in [2.45, 2.75) is 26.9 Å². The molecular formula is C26H32N6O2. The molecule has 1 aliphatic heterocycles. The highest BCUT2D eigenvalue weighted by Crippen LogP contribution is 2.33. The van der Waals surface area contributed by atoms with Crippen LogP contribution >= 0.6 is 0 Å².